The van der Waals surface area contributed by atoms with Crippen LogP contribution in [0.4, 0.5) is 8.78 Å². The van der Waals surface area contributed by atoms with Crippen molar-refractivity contribution in [2.75, 3.05) is 6.54 Å². The van der Waals surface area contributed by atoms with Gasteiger partial charge in [0.1, 0.15) is 0 Å². The van der Waals surface area contributed by atoms with Crippen molar-refractivity contribution in [2.45, 2.75) is 33.4 Å². The molecule has 0 spiro atoms. The summed E-state index contributed by atoms with van der Waals surface area (Å²) >= 11 is 0. The number of para-hydroxylation sites is 1. The van der Waals surface area contributed by atoms with Gasteiger partial charge in [-0.05, 0) is 29.5 Å². The van der Waals surface area contributed by atoms with Gasteiger partial charge < -0.3 is 9.88 Å². The Morgan fingerprint density at radius 1 is 1.21 bits per heavy atom. The zero-order chi connectivity index (χ0) is 13.8. The molecule has 19 heavy (non-hydrogen) atoms. The molecule has 104 valence electrons. The average molecular weight is 266 g/mol. The third-order valence-electron chi connectivity index (χ3n) is 3.07. The fourth-order valence-electron chi connectivity index (χ4n) is 2.28. The number of halogens is 2. The number of fused-ring (bicyclic) bond motifs is 1. The summed E-state index contributed by atoms with van der Waals surface area (Å²) in [5, 5.41) is 4.38. The molecule has 2 aromatic rings. The molecule has 0 fully saturated rings. The van der Waals surface area contributed by atoms with Gasteiger partial charge in [0.25, 0.3) is 6.43 Å². The Morgan fingerprint density at radius 3 is 2.68 bits per heavy atom. The summed E-state index contributed by atoms with van der Waals surface area (Å²) in [5.41, 5.74) is 1.99. The number of benzene rings is 1. The van der Waals surface area contributed by atoms with Crippen molar-refractivity contribution in [2.24, 2.45) is 5.92 Å². The minimum Gasteiger partial charge on any atom is -0.341 e. The van der Waals surface area contributed by atoms with Gasteiger partial charge in [0, 0.05) is 12.7 Å². The molecule has 0 aliphatic rings. The Kier molecular flexibility index (Phi) is 4.53. The van der Waals surface area contributed by atoms with Gasteiger partial charge in [-0.3, -0.25) is 0 Å². The highest BCUT2D eigenvalue weighted by molar-refractivity contribution is 5.83. The highest BCUT2D eigenvalue weighted by atomic mass is 19.3. The molecule has 0 bridgehead atoms. The Labute approximate surface area is 112 Å². The van der Waals surface area contributed by atoms with Crippen LogP contribution in [0.15, 0.2) is 30.5 Å². The van der Waals surface area contributed by atoms with E-state index in [-0.39, 0.29) is 6.54 Å². The van der Waals surface area contributed by atoms with Gasteiger partial charge in [0.2, 0.25) is 0 Å². The topological polar surface area (TPSA) is 17.0 Å². The molecule has 1 heterocycles. The summed E-state index contributed by atoms with van der Waals surface area (Å²) < 4.78 is 26.8. The standard InChI is InChI=1S/C15H20F2N2/c1-11(2)8-18-9-13-5-3-4-12-6-7-19(15(12)13)10-14(16)17/h3-7,11,14,18H,8-10H2,1-2H3. The summed E-state index contributed by atoms with van der Waals surface area (Å²) in [6, 6.07) is 7.83. The molecule has 2 rings (SSSR count). The number of nitrogens with one attached hydrogen (secondary N) is 1. The van der Waals surface area contributed by atoms with Gasteiger partial charge in [-0.25, -0.2) is 8.78 Å². The van der Waals surface area contributed by atoms with E-state index in [0.717, 1.165) is 23.0 Å². The lowest BCUT2D eigenvalue weighted by molar-refractivity contribution is 0.128. The summed E-state index contributed by atoms with van der Waals surface area (Å²) in [5.74, 6) is 0.576. The van der Waals surface area contributed by atoms with Crippen molar-refractivity contribution in [3.63, 3.8) is 0 Å². The first-order valence-corrected chi connectivity index (χ1v) is 6.63. The van der Waals surface area contributed by atoms with E-state index in [2.05, 4.69) is 19.2 Å². The number of nitrogens with zero attached hydrogens (tertiary/aromatic N) is 1. The normalized spacial score (nSPS) is 11.9. The van der Waals surface area contributed by atoms with Gasteiger partial charge in [-0.2, -0.15) is 0 Å². The maximum Gasteiger partial charge on any atom is 0.256 e. The number of hydrogen-bond donors (Lipinski definition) is 1. The molecule has 0 saturated carbocycles. The predicted octanol–water partition coefficient (Wildman–Crippen LogP) is 3.65. The quantitative estimate of drug-likeness (QED) is 0.844. The molecule has 4 heteroatoms. The molecule has 0 saturated heterocycles. The third kappa shape index (κ3) is 3.53. The number of rotatable bonds is 6. The second kappa shape index (κ2) is 6.15. The lowest BCUT2D eigenvalue weighted by Gasteiger charge is -2.11. The van der Waals surface area contributed by atoms with E-state index < -0.39 is 6.43 Å². The monoisotopic (exact) mass is 266 g/mol. The largest absolute Gasteiger partial charge is 0.341 e. The Morgan fingerprint density at radius 2 is 2.00 bits per heavy atom. The second-order valence-corrected chi connectivity index (χ2v) is 5.24. The Balaban J connectivity index is 2.24. The molecule has 2 nitrogen and oxygen atoms in total. The maximum absolute atomic E-state index is 12.6. The zero-order valence-electron chi connectivity index (χ0n) is 11.4. The highest BCUT2D eigenvalue weighted by Gasteiger charge is 2.10. The number of aromatic nitrogens is 1. The summed E-state index contributed by atoms with van der Waals surface area (Å²) in [7, 11) is 0. The fraction of sp³-hybridized carbons (Fsp3) is 0.467. The van der Waals surface area contributed by atoms with Gasteiger partial charge in [-0.1, -0.05) is 32.0 Å². The first-order chi connectivity index (χ1) is 9.08. The van der Waals surface area contributed by atoms with Crippen LogP contribution in [0.2, 0.25) is 0 Å². The van der Waals surface area contributed by atoms with Crippen LogP contribution in [0, 0.1) is 5.92 Å². The van der Waals surface area contributed by atoms with Crippen molar-refractivity contribution in [1.29, 1.82) is 0 Å². The Hall–Kier alpha value is -1.42. The minimum absolute atomic E-state index is 0.245. The maximum atomic E-state index is 12.6. The van der Waals surface area contributed by atoms with E-state index in [9.17, 15) is 8.78 Å². The zero-order valence-corrected chi connectivity index (χ0v) is 11.4. The van der Waals surface area contributed by atoms with E-state index in [1.54, 1.807) is 10.8 Å². The van der Waals surface area contributed by atoms with E-state index in [4.69, 9.17) is 0 Å². The van der Waals surface area contributed by atoms with Crippen molar-refractivity contribution in [3.05, 3.63) is 36.0 Å². The van der Waals surface area contributed by atoms with Gasteiger partial charge in [-0.15, -0.1) is 0 Å². The van der Waals surface area contributed by atoms with Crippen molar-refractivity contribution in [1.82, 2.24) is 9.88 Å². The van der Waals surface area contributed by atoms with Crippen LogP contribution in [0.1, 0.15) is 19.4 Å². The van der Waals surface area contributed by atoms with Crippen molar-refractivity contribution in [3.8, 4) is 0 Å². The minimum atomic E-state index is -2.33. The number of alkyl halides is 2. The van der Waals surface area contributed by atoms with E-state index >= 15 is 0 Å². The van der Waals surface area contributed by atoms with E-state index in [0.29, 0.717) is 12.5 Å². The van der Waals surface area contributed by atoms with Crippen molar-refractivity contribution >= 4 is 10.9 Å². The molecule has 0 aliphatic carbocycles. The van der Waals surface area contributed by atoms with Crippen LogP contribution >= 0.6 is 0 Å². The fourth-order valence-corrected chi connectivity index (χ4v) is 2.28. The molecule has 1 aromatic carbocycles. The van der Waals surface area contributed by atoms with Crippen LogP contribution in [0.25, 0.3) is 10.9 Å². The van der Waals surface area contributed by atoms with Crippen LogP contribution in [-0.4, -0.2) is 17.5 Å². The molecule has 1 N–H and O–H groups in total. The van der Waals surface area contributed by atoms with E-state index in [1.807, 2.05) is 24.3 Å². The SMILES string of the molecule is CC(C)CNCc1cccc2ccn(CC(F)F)c12. The summed E-state index contributed by atoms with van der Waals surface area (Å²) in [4.78, 5) is 0. The van der Waals surface area contributed by atoms with Crippen molar-refractivity contribution < 1.29 is 8.78 Å². The lowest BCUT2D eigenvalue weighted by atomic mass is 10.1. The molecule has 1 aromatic heterocycles. The molecule has 0 amide bonds. The van der Waals surface area contributed by atoms with Crippen LogP contribution in [-0.2, 0) is 13.1 Å². The summed E-state index contributed by atoms with van der Waals surface area (Å²) in [6.07, 6.45) is -0.588. The van der Waals surface area contributed by atoms with Crippen LogP contribution in [0.5, 0.6) is 0 Å². The van der Waals surface area contributed by atoms with Gasteiger partial charge >= 0.3 is 0 Å². The van der Waals surface area contributed by atoms with Crippen LogP contribution < -0.4 is 5.32 Å². The molecule has 0 radical (unpaired) electrons. The summed E-state index contributed by atoms with van der Waals surface area (Å²) in [6.45, 7) is 5.68. The lowest BCUT2D eigenvalue weighted by Crippen LogP contribution is -2.19. The van der Waals surface area contributed by atoms with Gasteiger partial charge in [0.15, 0.2) is 0 Å². The first kappa shape index (κ1) is 14.0. The predicted molar refractivity (Wildman–Crippen MR) is 74.5 cm³/mol. The first-order valence-electron chi connectivity index (χ1n) is 6.63. The average Bonchev–Trinajstić information content (AvgIpc) is 2.72. The highest BCUT2D eigenvalue weighted by Crippen LogP contribution is 2.21. The molecular weight excluding hydrogens is 246 g/mol. The van der Waals surface area contributed by atoms with Crippen LogP contribution in [0.3, 0.4) is 0 Å². The number of hydrogen-bond acceptors (Lipinski definition) is 1. The molecule has 0 unspecified atom stereocenters. The Bertz CT molecular complexity index is 532. The third-order valence-corrected chi connectivity index (χ3v) is 3.07. The second-order valence-electron chi connectivity index (χ2n) is 5.24. The molecule has 0 aliphatic heterocycles. The van der Waals surface area contributed by atoms with Gasteiger partial charge in [0.05, 0.1) is 12.1 Å². The molecule has 0 atom stereocenters. The molecular formula is C15H20F2N2. The van der Waals surface area contributed by atoms with E-state index in [1.165, 1.54) is 0 Å². The smallest absolute Gasteiger partial charge is 0.256 e.